The van der Waals surface area contributed by atoms with Crippen molar-refractivity contribution in [3.8, 4) is 0 Å². The van der Waals surface area contributed by atoms with Gasteiger partial charge in [-0.1, -0.05) is 26.0 Å². The Morgan fingerprint density at radius 2 is 2.00 bits per heavy atom. The summed E-state index contributed by atoms with van der Waals surface area (Å²) in [5.41, 5.74) is 1.14. The lowest BCUT2D eigenvalue weighted by atomic mass is 10.1. The summed E-state index contributed by atoms with van der Waals surface area (Å²) in [5.74, 6) is -1.15. The molecule has 1 unspecified atom stereocenters. The van der Waals surface area contributed by atoms with E-state index >= 15 is 0 Å². The molecule has 0 heterocycles. The smallest absolute Gasteiger partial charge is 0.242 e. The van der Waals surface area contributed by atoms with Crippen molar-refractivity contribution >= 4 is 22.3 Å². The number of carbonyl (C=O) groups excluding carboxylic acids is 1. The molecule has 162 valence electrons. The van der Waals surface area contributed by atoms with Crippen LogP contribution in [0.5, 0.6) is 0 Å². The topological polar surface area (TPSA) is 90.9 Å². The number of allylic oxidation sites excluding steroid dienone is 2. The summed E-state index contributed by atoms with van der Waals surface area (Å²) in [5, 5.41) is 2.58. The second-order valence-electron chi connectivity index (χ2n) is 6.92. The highest BCUT2D eigenvalue weighted by molar-refractivity contribution is 7.89. The number of rotatable bonds is 10. The Morgan fingerprint density at radius 1 is 1.34 bits per heavy atom. The first kappa shape index (κ1) is 24.8. The number of sulfonamides is 1. The van der Waals surface area contributed by atoms with E-state index in [0.29, 0.717) is 5.56 Å². The van der Waals surface area contributed by atoms with Crippen LogP contribution in [0.2, 0.25) is 0 Å². The third-order valence-corrected chi connectivity index (χ3v) is 5.89. The molecule has 1 amide bonds. The van der Waals surface area contributed by atoms with Crippen molar-refractivity contribution in [1.82, 2.24) is 14.9 Å². The van der Waals surface area contributed by atoms with Crippen LogP contribution in [0.25, 0.3) is 0 Å². The first-order chi connectivity index (χ1) is 13.5. The van der Waals surface area contributed by atoms with Gasteiger partial charge in [0.05, 0.1) is 23.3 Å². The molecule has 0 aromatic heterocycles. The van der Waals surface area contributed by atoms with Gasteiger partial charge < -0.3 is 10.2 Å². The fraction of sp³-hybridized carbons (Fsp3) is 0.500. The average Bonchev–Trinajstić information content (AvgIpc) is 2.65. The molecule has 9 heteroatoms. The molecule has 0 fully saturated rings. The van der Waals surface area contributed by atoms with Gasteiger partial charge in [0.2, 0.25) is 15.9 Å². The summed E-state index contributed by atoms with van der Waals surface area (Å²) < 4.78 is 41.7. The summed E-state index contributed by atoms with van der Waals surface area (Å²) in [6.07, 6.45) is 3.55. The van der Waals surface area contributed by atoms with Crippen LogP contribution in [-0.2, 0) is 14.8 Å². The highest BCUT2D eigenvalue weighted by atomic mass is 32.2. The zero-order valence-electron chi connectivity index (χ0n) is 17.9. The van der Waals surface area contributed by atoms with E-state index in [2.05, 4.69) is 15.0 Å². The Kier molecular flexibility index (Phi) is 9.45. The second-order valence-corrected chi connectivity index (χ2v) is 8.63. The van der Waals surface area contributed by atoms with Crippen LogP contribution in [0.15, 0.2) is 39.9 Å². The Bertz CT molecular complexity index is 868. The van der Waals surface area contributed by atoms with E-state index in [1.165, 1.54) is 18.5 Å². The van der Waals surface area contributed by atoms with Gasteiger partial charge in [0, 0.05) is 19.3 Å². The second kappa shape index (κ2) is 11.1. The van der Waals surface area contributed by atoms with Gasteiger partial charge in [-0.2, -0.15) is 4.72 Å². The van der Waals surface area contributed by atoms with Crippen molar-refractivity contribution in [2.75, 3.05) is 13.6 Å². The summed E-state index contributed by atoms with van der Waals surface area (Å²) in [4.78, 5) is 17.7. The van der Waals surface area contributed by atoms with Crippen molar-refractivity contribution in [2.24, 2.45) is 10.9 Å². The van der Waals surface area contributed by atoms with Gasteiger partial charge in [0.15, 0.2) is 0 Å². The largest absolute Gasteiger partial charge is 0.359 e. The van der Waals surface area contributed by atoms with E-state index < -0.39 is 27.9 Å². The van der Waals surface area contributed by atoms with E-state index in [9.17, 15) is 17.6 Å². The molecular formula is C20H31FN4O3S. The fourth-order valence-electron chi connectivity index (χ4n) is 2.57. The Hall–Kier alpha value is -2.26. The maximum Gasteiger partial charge on any atom is 0.242 e. The van der Waals surface area contributed by atoms with Crippen molar-refractivity contribution in [2.45, 2.75) is 52.1 Å². The third kappa shape index (κ3) is 7.58. The first-order valence-electron chi connectivity index (χ1n) is 9.48. The molecular weight excluding hydrogens is 395 g/mol. The van der Waals surface area contributed by atoms with Gasteiger partial charge >= 0.3 is 0 Å². The summed E-state index contributed by atoms with van der Waals surface area (Å²) in [6.45, 7) is 9.02. The minimum Gasteiger partial charge on any atom is -0.359 e. The predicted molar refractivity (Wildman–Crippen MR) is 113 cm³/mol. The number of nitrogens with zero attached hydrogens (tertiary/aromatic N) is 2. The number of aliphatic imine (C=N–C) groups is 1. The molecule has 2 atom stereocenters. The van der Waals surface area contributed by atoms with Gasteiger partial charge in [-0.25, -0.2) is 17.8 Å². The van der Waals surface area contributed by atoms with Crippen molar-refractivity contribution in [1.29, 1.82) is 0 Å². The first-order valence-corrected chi connectivity index (χ1v) is 11.0. The molecule has 1 aromatic rings. The van der Waals surface area contributed by atoms with Crippen LogP contribution in [0.1, 0.15) is 39.7 Å². The molecule has 0 saturated carbocycles. The van der Waals surface area contributed by atoms with Crippen LogP contribution >= 0.6 is 0 Å². The monoisotopic (exact) mass is 426 g/mol. The predicted octanol–water partition coefficient (Wildman–Crippen LogP) is 2.78. The third-order valence-electron chi connectivity index (χ3n) is 4.36. The molecule has 2 N–H and O–H groups in total. The lowest BCUT2D eigenvalue weighted by molar-refractivity contribution is -0.124. The lowest BCUT2D eigenvalue weighted by Gasteiger charge is -2.29. The number of hydrogen-bond donors (Lipinski definition) is 2. The summed E-state index contributed by atoms with van der Waals surface area (Å²) in [7, 11) is -2.42. The zero-order valence-corrected chi connectivity index (χ0v) is 18.7. The molecule has 0 saturated heterocycles. The molecule has 0 bridgehead atoms. The quantitative estimate of drug-likeness (QED) is 0.342. The minimum atomic E-state index is -3.96. The van der Waals surface area contributed by atoms with Crippen LogP contribution in [-0.4, -0.2) is 45.3 Å². The number of carbonyl (C=O) groups is 1. The molecule has 0 radical (unpaired) electrons. The number of halogens is 1. The normalized spacial score (nSPS) is 14.7. The van der Waals surface area contributed by atoms with E-state index in [-0.39, 0.29) is 17.3 Å². The highest BCUT2D eigenvalue weighted by Gasteiger charge is 2.24. The van der Waals surface area contributed by atoms with Crippen molar-refractivity contribution in [3.05, 3.63) is 41.4 Å². The van der Waals surface area contributed by atoms with Crippen LogP contribution in [0.4, 0.5) is 4.39 Å². The Labute approximate surface area is 173 Å². The van der Waals surface area contributed by atoms with Crippen LogP contribution in [0, 0.1) is 18.7 Å². The molecule has 7 nitrogen and oxygen atoms in total. The van der Waals surface area contributed by atoms with E-state index in [4.69, 9.17) is 0 Å². The number of amides is 1. The Balaban J connectivity index is 3.10. The molecule has 29 heavy (non-hydrogen) atoms. The van der Waals surface area contributed by atoms with Crippen LogP contribution < -0.4 is 10.0 Å². The highest BCUT2D eigenvalue weighted by Crippen LogP contribution is 2.15. The SMILES string of the molecule is CC/C=C(\C)N=CN(C[C@@H](C)C(=O)NC)C(C)NS(=O)(=O)c1ccc(C)c(F)c1. The average molecular weight is 427 g/mol. The summed E-state index contributed by atoms with van der Waals surface area (Å²) in [6, 6.07) is 3.76. The molecule has 0 spiro atoms. The number of nitrogens with one attached hydrogen (secondary N) is 2. The van der Waals surface area contributed by atoms with Crippen molar-refractivity contribution in [3.63, 3.8) is 0 Å². The van der Waals surface area contributed by atoms with Crippen LogP contribution in [0.3, 0.4) is 0 Å². The number of hydrogen-bond acceptors (Lipinski definition) is 4. The maximum absolute atomic E-state index is 13.8. The standard InChI is InChI=1S/C20H31FN4O3S/c1-7-8-16(4)23-13-25(12-15(3)20(26)22-6)17(5)24-29(27,28)18-10-9-14(2)19(21)11-18/h8-11,13,15,17,24H,7,12H2,1-6H3,(H,22,26)/b16-8+,23-13?/t15-,17?/m1/s1. The fourth-order valence-corrected chi connectivity index (χ4v) is 3.79. The van der Waals surface area contributed by atoms with Gasteiger partial charge in [-0.15, -0.1) is 0 Å². The maximum atomic E-state index is 13.8. The minimum absolute atomic E-state index is 0.161. The number of benzene rings is 1. The zero-order chi connectivity index (χ0) is 22.2. The van der Waals surface area contributed by atoms with Gasteiger partial charge in [0.25, 0.3) is 0 Å². The molecule has 0 aliphatic rings. The van der Waals surface area contributed by atoms with E-state index in [0.717, 1.165) is 18.2 Å². The Morgan fingerprint density at radius 3 is 2.55 bits per heavy atom. The molecule has 1 aromatic carbocycles. The summed E-state index contributed by atoms with van der Waals surface area (Å²) >= 11 is 0. The van der Waals surface area contributed by atoms with Gasteiger partial charge in [-0.05, 0) is 44.9 Å². The lowest BCUT2D eigenvalue weighted by Crippen LogP contribution is -2.48. The van der Waals surface area contributed by atoms with E-state index in [1.807, 2.05) is 19.9 Å². The molecule has 1 rings (SSSR count). The molecule has 0 aliphatic carbocycles. The van der Waals surface area contributed by atoms with Crippen molar-refractivity contribution < 1.29 is 17.6 Å². The van der Waals surface area contributed by atoms with Gasteiger partial charge in [0.1, 0.15) is 5.82 Å². The van der Waals surface area contributed by atoms with E-state index in [1.54, 1.807) is 32.7 Å². The van der Waals surface area contributed by atoms with Gasteiger partial charge in [-0.3, -0.25) is 4.79 Å². The number of aryl methyl sites for hydroxylation is 1. The molecule has 0 aliphatic heterocycles.